The first kappa shape index (κ1) is 12.2. The van der Waals surface area contributed by atoms with Gasteiger partial charge in [0.25, 0.3) is 0 Å². The van der Waals surface area contributed by atoms with Gasteiger partial charge in [-0.2, -0.15) is 13.2 Å². The van der Waals surface area contributed by atoms with Crippen molar-refractivity contribution in [1.82, 2.24) is 4.98 Å². The van der Waals surface area contributed by atoms with Gasteiger partial charge in [-0.15, -0.1) is 0 Å². The Balaban J connectivity index is 2.20. The largest absolute Gasteiger partial charge is 0.416 e. The highest BCUT2D eigenvalue weighted by atomic mass is 19.4. The van der Waals surface area contributed by atoms with E-state index in [0.717, 1.165) is 17.7 Å². The second-order valence-electron chi connectivity index (χ2n) is 3.57. The summed E-state index contributed by atoms with van der Waals surface area (Å²) in [5.41, 5.74) is 0.582. The monoisotopic (exact) mass is 247 g/mol. The average molecular weight is 247 g/mol. The molecule has 0 unspecified atom stereocenters. The van der Waals surface area contributed by atoms with Crippen molar-refractivity contribution in [2.45, 2.75) is 6.18 Å². The molecule has 0 aliphatic heterocycles. The third-order valence-corrected chi connectivity index (χ3v) is 2.22. The van der Waals surface area contributed by atoms with Crippen molar-refractivity contribution >= 4 is 0 Å². The summed E-state index contributed by atoms with van der Waals surface area (Å²) in [4.78, 5) is 3.89. The van der Waals surface area contributed by atoms with Crippen LogP contribution in [0.1, 0.15) is 16.7 Å². The molecule has 0 N–H and O–H groups in total. The molecule has 0 aliphatic rings. The number of alkyl halides is 3. The maximum Gasteiger partial charge on any atom is 0.416 e. The van der Waals surface area contributed by atoms with Gasteiger partial charge in [-0.1, -0.05) is 11.8 Å². The molecule has 2 aromatic rings. The van der Waals surface area contributed by atoms with Gasteiger partial charge < -0.3 is 0 Å². The maximum absolute atomic E-state index is 12.3. The number of halogens is 3. The molecule has 18 heavy (non-hydrogen) atoms. The Morgan fingerprint density at radius 3 is 2.11 bits per heavy atom. The molecule has 4 heteroatoms. The van der Waals surface area contributed by atoms with Gasteiger partial charge in [0.15, 0.2) is 0 Å². The lowest BCUT2D eigenvalue weighted by atomic mass is 10.1. The first-order chi connectivity index (χ1) is 8.55. The van der Waals surface area contributed by atoms with E-state index in [9.17, 15) is 13.2 Å². The molecule has 0 amide bonds. The highest BCUT2D eigenvalue weighted by Crippen LogP contribution is 2.28. The SMILES string of the molecule is FC(F)(F)c1ccc(C#Cc2cccnc2)cc1. The van der Waals surface area contributed by atoms with Crippen LogP contribution in [-0.2, 0) is 6.18 Å². The fourth-order valence-electron chi connectivity index (χ4n) is 1.32. The number of nitrogens with zero attached hydrogens (tertiary/aromatic N) is 1. The van der Waals surface area contributed by atoms with Crippen LogP contribution < -0.4 is 0 Å². The molecular formula is C14H8F3N. The standard InChI is InChI=1S/C14H8F3N/c15-14(16,17)13-7-5-11(6-8-13)3-4-12-2-1-9-18-10-12/h1-2,5-10H. The zero-order valence-electron chi connectivity index (χ0n) is 9.20. The second-order valence-corrected chi connectivity index (χ2v) is 3.57. The third kappa shape index (κ3) is 3.11. The molecule has 0 radical (unpaired) electrons. The molecule has 90 valence electrons. The summed E-state index contributed by atoms with van der Waals surface area (Å²) in [6, 6.07) is 8.28. The van der Waals surface area contributed by atoms with Gasteiger partial charge in [0, 0.05) is 23.5 Å². The normalized spacial score (nSPS) is 10.6. The van der Waals surface area contributed by atoms with Gasteiger partial charge in [0.2, 0.25) is 0 Å². The number of rotatable bonds is 0. The topological polar surface area (TPSA) is 12.9 Å². The molecule has 1 heterocycles. The minimum atomic E-state index is -4.31. The van der Waals surface area contributed by atoms with Crippen LogP contribution in [0.5, 0.6) is 0 Å². The Morgan fingerprint density at radius 1 is 0.889 bits per heavy atom. The lowest BCUT2D eigenvalue weighted by molar-refractivity contribution is -0.137. The summed E-state index contributed by atoms with van der Waals surface area (Å²) in [5.74, 6) is 5.61. The van der Waals surface area contributed by atoms with Crippen molar-refractivity contribution in [1.29, 1.82) is 0 Å². The molecule has 0 spiro atoms. The van der Waals surface area contributed by atoms with Gasteiger partial charge in [-0.25, -0.2) is 0 Å². The highest BCUT2D eigenvalue weighted by molar-refractivity contribution is 5.42. The van der Waals surface area contributed by atoms with E-state index in [1.54, 1.807) is 24.5 Å². The smallest absolute Gasteiger partial charge is 0.263 e. The Hall–Kier alpha value is -2.28. The van der Waals surface area contributed by atoms with Gasteiger partial charge in [-0.05, 0) is 36.4 Å². The fraction of sp³-hybridized carbons (Fsp3) is 0.0714. The van der Waals surface area contributed by atoms with E-state index in [4.69, 9.17) is 0 Å². The summed E-state index contributed by atoms with van der Waals surface area (Å²) in [7, 11) is 0. The molecular weight excluding hydrogens is 239 g/mol. The van der Waals surface area contributed by atoms with E-state index < -0.39 is 11.7 Å². The van der Waals surface area contributed by atoms with Crippen molar-refractivity contribution in [2.75, 3.05) is 0 Å². The Bertz CT molecular complexity index is 574. The van der Waals surface area contributed by atoms with Gasteiger partial charge in [-0.3, -0.25) is 4.98 Å². The highest BCUT2D eigenvalue weighted by Gasteiger charge is 2.29. The van der Waals surface area contributed by atoms with E-state index in [1.807, 2.05) is 0 Å². The minimum Gasteiger partial charge on any atom is -0.263 e. The van der Waals surface area contributed by atoms with Crippen LogP contribution in [0.25, 0.3) is 0 Å². The van der Waals surface area contributed by atoms with Crippen LogP contribution in [0.3, 0.4) is 0 Å². The van der Waals surface area contributed by atoms with Crippen LogP contribution in [0.2, 0.25) is 0 Å². The van der Waals surface area contributed by atoms with Crippen LogP contribution in [0, 0.1) is 11.8 Å². The first-order valence-corrected chi connectivity index (χ1v) is 5.15. The molecule has 0 saturated carbocycles. The minimum absolute atomic E-state index is 0.534. The van der Waals surface area contributed by atoms with E-state index in [2.05, 4.69) is 16.8 Å². The Morgan fingerprint density at radius 2 is 1.56 bits per heavy atom. The van der Waals surface area contributed by atoms with Crippen molar-refractivity contribution in [3.63, 3.8) is 0 Å². The molecule has 0 aliphatic carbocycles. The molecule has 0 saturated heterocycles. The maximum atomic E-state index is 12.3. The average Bonchev–Trinajstić information content (AvgIpc) is 2.37. The summed E-state index contributed by atoms with van der Waals surface area (Å²) in [5, 5.41) is 0. The number of pyridine rings is 1. The van der Waals surface area contributed by atoms with E-state index >= 15 is 0 Å². The molecule has 1 aromatic heterocycles. The van der Waals surface area contributed by atoms with Crippen LogP contribution in [-0.4, -0.2) is 4.98 Å². The number of hydrogen-bond donors (Lipinski definition) is 0. The number of aromatic nitrogens is 1. The molecule has 1 aromatic carbocycles. The van der Waals surface area contributed by atoms with Crippen molar-refractivity contribution in [3.8, 4) is 11.8 Å². The zero-order valence-corrected chi connectivity index (χ0v) is 9.20. The number of benzene rings is 1. The third-order valence-electron chi connectivity index (χ3n) is 2.22. The van der Waals surface area contributed by atoms with Crippen molar-refractivity contribution in [2.24, 2.45) is 0 Å². The summed E-state index contributed by atoms with van der Waals surface area (Å²) >= 11 is 0. The molecule has 0 atom stereocenters. The van der Waals surface area contributed by atoms with Gasteiger partial charge in [0.05, 0.1) is 5.56 Å². The summed E-state index contributed by atoms with van der Waals surface area (Å²) < 4.78 is 37.0. The Labute approximate surface area is 102 Å². The van der Waals surface area contributed by atoms with E-state index in [1.165, 1.54) is 12.1 Å². The van der Waals surface area contributed by atoms with Gasteiger partial charge >= 0.3 is 6.18 Å². The zero-order chi connectivity index (χ0) is 13.0. The van der Waals surface area contributed by atoms with Crippen LogP contribution >= 0.6 is 0 Å². The van der Waals surface area contributed by atoms with Gasteiger partial charge in [0.1, 0.15) is 0 Å². The van der Waals surface area contributed by atoms with E-state index in [0.29, 0.717) is 5.56 Å². The molecule has 0 bridgehead atoms. The molecule has 1 nitrogen and oxygen atoms in total. The fourth-order valence-corrected chi connectivity index (χ4v) is 1.32. The Kier molecular flexibility index (Phi) is 3.33. The summed E-state index contributed by atoms with van der Waals surface area (Å²) in [6.45, 7) is 0. The number of hydrogen-bond acceptors (Lipinski definition) is 1. The quantitative estimate of drug-likeness (QED) is 0.649. The summed E-state index contributed by atoms with van der Waals surface area (Å²) in [6.07, 6.45) is -1.09. The lowest BCUT2D eigenvalue weighted by Gasteiger charge is -2.05. The van der Waals surface area contributed by atoms with Crippen molar-refractivity contribution < 1.29 is 13.2 Å². The lowest BCUT2D eigenvalue weighted by Crippen LogP contribution is -2.04. The predicted molar refractivity (Wildman–Crippen MR) is 61.7 cm³/mol. The van der Waals surface area contributed by atoms with Crippen LogP contribution in [0.4, 0.5) is 13.2 Å². The second kappa shape index (κ2) is 4.92. The molecule has 2 rings (SSSR count). The first-order valence-electron chi connectivity index (χ1n) is 5.15. The predicted octanol–water partition coefficient (Wildman–Crippen LogP) is 3.50. The van der Waals surface area contributed by atoms with Crippen LogP contribution in [0.15, 0.2) is 48.8 Å². The van der Waals surface area contributed by atoms with E-state index in [-0.39, 0.29) is 0 Å². The molecule has 0 fully saturated rings. The van der Waals surface area contributed by atoms with Crippen molar-refractivity contribution in [3.05, 3.63) is 65.5 Å².